The quantitative estimate of drug-likeness (QED) is 0.664. The first kappa shape index (κ1) is 16.5. The minimum absolute atomic E-state index is 0.193. The minimum atomic E-state index is -0.193. The number of amides is 1. The van der Waals surface area contributed by atoms with Gasteiger partial charge in [-0.15, -0.1) is 11.3 Å². The van der Waals surface area contributed by atoms with Gasteiger partial charge in [0.05, 0.1) is 5.69 Å². The largest absolute Gasteiger partial charge is 0.362 e. The maximum atomic E-state index is 12.3. The van der Waals surface area contributed by atoms with Crippen molar-refractivity contribution in [2.24, 2.45) is 0 Å². The molecule has 0 fully saturated rings. The molecule has 0 unspecified atom stereocenters. The smallest absolute Gasteiger partial charge is 0.255 e. The van der Waals surface area contributed by atoms with Gasteiger partial charge in [0.2, 0.25) is 0 Å². The third-order valence-corrected chi connectivity index (χ3v) is 4.37. The van der Waals surface area contributed by atoms with Crippen LogP contribution in [0.15, 0.2) is 53.9 Å². The Morgan fingerprint density at radius 1 is 1.21 bits per heavy atom. The lowest BCUT2D eigenvalue weighted by Crippen LogP contribution is -2.11. The van der Waals surface area contributed by atoms with Gasteiger partial charge in [-0.1, -0.05) is 29.8 Å². The Balaban J connectivity index is 1.78. The SMILES string of the molecule is CCNc1nc(-c2cccc(NC(=O)c3cccc(Cl)c3)c2)cs1. The van der Waals surface area contributed by atoms with E-state index in [-0.39, 0.29) is 5.91 Å². The Hall–Kier alpha value is -2.37. The van der Waals surface area contributed by atoms with Gasteiger partial charge in [-0.05, 0) is 37.3 Å². The second-order valence-electron chi connectivity index (χ2n) is 5.11. The van der Waals surface area contributed by atoms with E-state index in [1.165, 1.54) is 0 Å². The molecule has 122 valence electrons. The molecule has 0 saturated carbocycles. The highest BCUT2D eigenvalue weighted by atomic mass is 35.5. The molecule has 2 aromatic carbocycles. The van der Waals surface area contributed by atoms with E-state index < -0.39 is 0 Å². The Bertz CT molecular complexity index is 863. The van der Waals surface area contributed by atoms with E-state index >= 15 is 0 Å². The maximum Gasteiger partial charge on any atom is 0.255 e. The van der Waals surface area contributed by atoms with Crippen LogP contribution in [0.2, 0.25) is 5.02 Å². The van der Waals surface area contributed by atoms with Crippen LogP contribution in [0.1, 0.15) is 17.3 Å². The Labute approximate surface area is 149 Å². The number of thiazole rings is 1. The summed E-state index contributed by atoms with van der Waals surface area (Å²) < 4.78 is 0. The fourth-order valence-electron chi connectivity index (χ4n) is 2.23. The number of anilines is 2. The molecule has 1 aromatic heterocycles. The molecule has 2 N–H and O–H groups in total. The highest BCUT2D eigenvalue weighted by Crippen LogP contribution is 2.27. The number of hydrogen-bond acceptors (Lipinski definition) is 4. The fourth-order valence-corrected chi connectivity index (χ4v) is 3.21. The average Bonchev–Trinajstić information content (AvgIpc) is 3.04. The van der Waals surface area contributed by atoms with E-state index in [0.717, 1.165) is 28.6 Å². The number of halogens is 1. The molecular weight excluding hydrogens is 342 g/mol. The second-order valence-corrected chi connectivity index (χ2v) is 6.41. The van der Waals surface area contributed by atoms with Crippen LogP contribution in [-0.4, -0.2) is 17.4 Å². The number of aromatic nitrogens is 1. The number of nitrogens with one attached hydrogen (secondary N) is 2. The van der Waals surface area contributed by atoms with Crippen LogP contribution >= 0.6 is 22.9 Å². The van der Waals surface area contributed by atoms with Crippen molar-refractivity contribution in [1.82, 2.24) is 4.98 Å². The summed E-state index contributed by atoms with van der Waals surface area (Å²) >= 11 is 7.50. The van der Waals surface area contributed by atoms with Crippen molar-refractivity contribution < 1.29 is 4.79 Å². The van der Waals surface area contributed by atoms with Gasteiger partial charge in [0.1, 0.15) is 0 Å². The Kier molecular flexibility index (Phi) is 5.13. The molecule has 0 saturated heterocycles. The molecule has 3 rings (SSSR count). The summed E-state index contributed by atoms with van der Waals surface area (Å²) in [6.07, 6.45) is 0. The van der Waals surface area contributed by atoms with Crippen LogP contribution in [0.5, 0.6) is 0 Å². The summed E-state index contributed by atoms with van der Waals surface area (Å²) in [5.74, 6) is -0.193. The van der Waals surface area contributed by atoms with E-state index in [0.29, 0.717) is 10.6 Å². The van der Waals surface area contributed by atoms with Crippen molar-refractivity contribution in [3.05, 3.63) is 64.5 Å². The van der Waals surface area contributed by atoms with Crippen molar-refractivity contribution in [3.63, 3.8) is 0 Å². The third kappa shape index (κ3) is 3.93. The predicted octanol–water partition coefficient (Wildman–Crippen LogP) is 5.15. The average molecular weight is 358 g/mol. The molecule has 1 heterocycles. The van der Waals surface area contributed by atoms with Crippen molar-refractivity contribution >= 4 is 39.7 Å². The van der Waals surface area contributed by atoms with E-state index in [1.807, 2.05) is 36.6 Å². The number of hydrogen-bond donors (Lipinski definition) is 2. The van der Waals surface area contributed by atoms with Gasteiger partial charge in [0.25, 0.3) is 5.91 Å². The number of carbonyl (C=O) groups is 1. The Morgan fingerprint density at radius 3 is 2.83 bits per heavy atom. The van der Waals surface area contributed by atoms with Crippen molar-refractivity contribution in [1.29, 1.82) is 0 Å². The molecule has 3 aromatic rings. The molecule has 0 spiro atoms. The van der Waals surface area contributed by atoms with Gasteiger partial charge in [-0.3, -0.25) is 4.79 Å². The first-order valence-corrected chi connectivity index (χ1v) is 8.78. The topological polar surface area (TPSA) is 54.0 Å². The third-order valence-electron chi connectivity index (χ3n) is 3.34. The fraction of sp³-hybridized carbons (Fsp3) is 0.111. The molecule has 0 bridgehead atoms. The van der Waals surface area contributed by atoms with Gasteiger partial charge in [-0.25, -0.2) is 4.98 Å². The van der Waals surface area contributed by atoms with E-state index in [4.69, 9.17) is 11.6 Å². The first-order valence-electron chi connectivity index (χ1n) is 7.52. The van der Waals surface area contributed by atoms with E-state index in [9.17, 15) is 4.79 Å². The van der Waals surface area contributed by atoms with Crippen LogP contribution in [0, 0.1) is 0 Å². The molecule has 0 atom stereocenters. The minimum Gasteiger partial charge on any atom is -0.362 e. The highest BCUT2D eigenvalue weighted by molar-refractivity contribution is 7.14. The molecule has 0 aliphatic heterocycles. The number of rotatable bonds is 5. The van der Waals surface area contributed by atoms with Crippen LogP contribution in [0.3, 0.4) is 0 Å². The van der Waals surface area contributed by atoms with E-state index in [2.05, 4.69) is 15.6 Å². The summed E-state index contributed by atoms with van der Waals surface area (Å²) in [5, 5.41) is 9.51. The molecule has 0 aliphatic rings. The molecule has 0 aliphatic carbocycles. The predicted molar refractivity (Wildman–Crippen MR) is 101 cm³/mol. The zero-order chi connectivity index (χ0) is 16.9. The summed E-state index contributed by atoms with van der Waals surface area (Å²) in [5.41, 5.74) is 3.08. The van der Waals surface area contributed by atoms with Crippen molar-refractivity contribution in [2.45, 2.75) is 6.92 Å². The lowest BCUT2D eigenvalue weighted by molar-refractivity contribution is 0.102. The summed E-state index contributed by atoms with van der Waals surface area (Å²) in [4.78, 5) is 16.8. The van der Waals surface area contributed by atoms with Crippen LogP contribution in [-0.2, 0) is 0 Å². The van der Waals surface area contributed by atoms with Gasteiger partial charge >= 0.3 is 0 Å². The maximum absolute atomic E-state index is 12.3. The molecular formula is C18H16ClN3OS. The summed E-state index contributed by atoms with van der Waals surface area (Å²) in [7, 11) is 0. The van der Waals surface area contributed by atoms with Crippen LogP contribution in [0.25, 0.3) is 11.3 Å². The number of carbonyl (C=O) groups excluding carboxylic acids is 1. The molecule has 24 heavy (non-hydrogen) atoms. The summed E-state index contributed by atoms with van der Waals surface area (Å²) in [6, 6.07) is 14.5. The molecule has 6 heteroatoms. The standard InChI is InChI=1S/C18H16ClN3OS/c1-2-20-18-22-16(11-24-18)12-5-4-8-15(10-12)21-17(23)13-6-3-7-14(19)9-13/h3-11H,2H2,1H3,(H,20,22)(H,21,23). The van der Waals surface area contributed by atoms with E-state index in [1.54, 1.807) is 35.6 Å². The van der Waals surface area contributed by atoms with Gasteiger partial charge in [0.15, 0.2) is 5.13 Å². The van der Waals surface area contributed by atoms with Gasteiger partial charge in [0, 0.05) is 33.8 Å². The number of nitrogens with zero attached hydrogens (tertiary/aromatic N) is 1. The first-order chi connectivity index (χ1) is 11.7. The van der Waals surface area contributed by atoms with Crippen molar-refractivity contribution in [2.75, 3.05) is 17.2 Å². The van der Waals surface area contributed by atoms with Gasteiger partial charge in [-0.2, -0.15) is 0 Å². The zero-order valence-corrected chi connectivity index (χ0v) is 14.6. The lowest BCUT2D eigenvalue weighted by Gasteiger charge is -2.07. The van der Waals surface area contributed by atoms with Crippen LogP contribution in [0.4, 0.5) is 10.8 Å². The molecule has 0 radical (unpaired) electrons. The Morgan fingerprint density at radius 2 is 2.04 bits per heavy atom. The second kappa shape index (κ2) is 7.47. The number of benzene rings is 2. The molecule has 1 amide bonds. The monoisotopic (exact) mass is 357 g/mol. The van der Waals surface area contributed by atoms with Crippen LogP contribution < -0.4 is 10.6 Å². The normalized spacial score (nSPS) is 10.4. The lowest BCUT2D eigenvalue weighted by atomic mass is 10.1. The highest BCUT2D eigenvalue weighted by Gasteiger charge is 2.09. The summed E-state index contributed by atoms with van der Waals surface area (Å²) in [6.45, 7) is 2.87. The van der Waals surface area contributed by atoms with Gasteiger partial charge < -0.3 is 10.6 Å². The zero-order valence-electron chi connectivity index (χ0n) is 13.0. The van der Waals surface area contributed by atoms with Crippen molar-refractivity contribution in [3.8, 4) is 11.3 Å². The molecule has 4 nitrogen and oxygen atoms in total.